The van der Waals surface area contributed by atoms with Gasteiger partial charge in [0.2, 0.25) is 0 Å². The minimum absolute atomic E-state index is 0.0237. The van der Waals surface area contributed by atoms with Crippen molar-refractivity contribution in [2.24, 2.45) is 5.92 Å². The summed E-state index contributed by atoms with van der Waals surface area (Å²) in [4.78, 5) is 12.8. The second-order valence-corrected chi connectivity index (χ2v) is 7.90. The Morgan fingerprint density at radius 3 is 2.67 bits per heavy atom. The lowest BCUT2D eigenvalue weighted by atomic mass is 9.71. The third-order valence-corrected chi connectivity index (χ3v) is 5.40. The normalized spacial score (nSPS) is 23.2. The highest BCUT2D eigenvalue weighted by molar-refractivity contribution is 6.30. The van der Waals surface area contributed by atoms with Crippen LogP contribution in [0, 0.1) is 17.8 Å². The lowest BCUT2D eigenvalue weighted by molar-refractivity contribution is -0.208. The summed E-state index contributed by atoms with van der Waals surface area (Å²) in [6.07, 6.45) is -5.31. The van der Waals surface area contributed by atoms with Crippen molar-refractivity contribution in [1.82, 2.24) is 0 Å². The first-order valence-electron chi connectivity index (χ1n) is 9.37. The van der Waals surface area contributed by atoms with Gasteiger partial charge in [0, 0.05) is 27.9 Å². The number of nitrogens with one attached hydrogen (secondary N) is 1. The molecule has 1 fully saturated rings. The van der Waals surface area contributed by atoms with E-state index >= 15 is 0 Å². The average Bonchev–Trinajstić information content (AvgIpc) is 3.49. The number of hydrogen-bond donors (Lipinski definition) is 2. The van der Waals surface area contributed by atoms with Gasteiger partial charge in [-0.05, 0) is 48.7 Å². The van der Waals surface area contributed by atoms with Crippen LogP contribution in [0.1, 0.15) is 24.0 Å². The zero-order valence-corrected chi connectivity index (χ0v) is 16.5. The minimum atomic E-state index is -4.88. The number of anilines is 2. The van der Waals surface area contributed by atoms with E-state index in [-0.39, 0.29) is 28.8 Å². The molecule has 0 saturated heterocycles. The molecule has 2 aromatic carbocycles. The number of carbonyl (C=O) groups is 1. The first-order chi connectivity index (χ1) is 14.2. The summed E-state index contributed by atoms with van der Waals surface area (Å²) in [5, 5.41) is 2.61. The van der Waals surface area contributed by atoms with Crippen LogP contribution in [0.15, 0.2) is 42.5 Å². The fourth-order valence-corrected chi connectivity index (χ4v) is 3.67. The van der Waals surface area contributed by atoms with Gasteiger partial charge in [0.15, 0.2) is 11.5 Å². The van der Waals surface area contributed by atoms with Crippen LogP contribution < -0.4 is 11.1 Å². The number of rotatable bonds is 3. The van der Waals surface area contributed by atoms with Crippen molar-refractivity contribution in [2.45, 2.75) is 37.1 Å². The summed E-state index contributed by atoms with van der Waals surface area (Å²) >= 11 is 6.02. The Morgan fingerprint density at radius 2 is 2.00 bits per heavy atom. The van der Waals surface area contributed by atoms with Gasteiger partial charge in [0.1, 0.15) is 0 Å². The fourth-order valence-electron chi connectivity index (χ4n) is 3.50. The van der Waals surface area contributed by atoms with Crippen molar-refractivity contribution in [2.75, 3.05) is 11.1 Å². The van der Waals surface area contributed by atoms with E-state index in [1.165, 1.54) is 18.2 Å². The predicted molar refractivity (Wildman–Crippen MR) is 108 cm³/mol. The van der Waals surface area contributed by atoms with Gasteiger partial charge in [0.25, 0.3) is 5.91 Å². The maximum absolute atomic E-state index is 14.7. The monoisotopic (exact) mass is 434 g/mol. The SMILES string of the molecule is Nc1cccc(CO[C@H]2C(=O)Nc3ccc(Cl)cc3[C@@]2(C#CC2CC2)C(F)(F)F)c1. The average molecular weight is 435 g/mol. The highest BCUT2D eigenvalue weighted by atomic mass is 35.5. The third kappa shape index (κ3) is 3.73. The molecule has 1 heterocycles. The van der Waals surface area contributed by atoms with Crippen LogP contribution in [-0.4, -0.2) is 18.2 Å². The molecule has 1 amide bonds. The Balaban J connectivity index is 1.83. The van der Waals surface area contributed by atoms with Crippen molar-refractivity contribution in [3.63, 3.8) is 0 Å². The van der Waals surface area contributed by atoms with Crippen molar-refractivity contribution in [3.8, 4) is 11.8 Å². The summed E-state index contributed by atoms with van der Waals surface area (Å²) in [6.45, 7) is -0.234. The van der Waals surface area contributed by atoms with Gasteiger partial charge in [0.05, 0.1) is 6.61 Å². The fraction of sp³-hybridized carbons (Fsp3) is 0.318. The molecule has 3 N–H and O–H groups in total. The van der Waals surface area contributed by atoms with Gasteiger partial charge in [-0.15, -0.1) is 0 Å². The predicted octanol–water partition coefficient (Wildman–Crippen LogP) is 4.67. The van der Waals surface area contributed by atoms with E-state index in [0.717, 1.165) is 12.8 Å². The zero-order valence-electron chi connectivity index (χ0n) is 15.7. The highest BCUT2D eigenvalue weighted by Crippen LogP contribution is 2.50. The van der Waals surface area contributed by atoms with E-state index in [1.807, 2.05) is 0 Å². The van der Waals surface area contributed by atoms with Crippen LogP contribution in [0.25, 0.3) is 0 Å². The molecule has 4 nitrogen and oxygen atoms in total. The van der Waals surface area contributed by atoms with E-state index in [2.05, 4.69) is 17.2 Å². The van der Waals surface area contributed by atoms with Gasteiger partial charge in [-0.2, -0.15) is 13.2 Å². The Hall–Kier alpha value is -2.69. The molecule has 2 aromatic rings. The van der Waals surface area contributed by atoms with Crippen molar-refractivity contribution in [1.29, 1.82) is 0 Å². The molecule has 1 aliphatic heterocycles. The van der Waals surface area contributed by atoms with Gasteiger partial charge in [-0.25, -0.2) is 0 Å². The number of fused-ring (bicyclic) bond motifs is 1. The number of carbonyl (C=O) groups excluding carboxylic acids is 1. The number of amides is 1. The van der Waals surface area contributed by atoms with Crippen molar-refractivity contribution in [3.05, 3.63) is 58.6 Å². The number of nitrogen functional groups attached to an aromatic ring is 1. The summed E-state index contributed by atoms with van der Waals surface area (Å²) in [6, 6.07) is 10.5. The van der Waals surface area contributed by atoms with Crippen LogP contribution in [-0.2, 0) is 21.6 Å². The molecule has 0 unspecified atom stereocenters. The second-order valence-electron chi connectivity index (χ2n) is 7.46. The van der Waals surface area contributed by atoms with Crippen molar-refractivity contribution >= 4 is 28.9 Å². The van der Waals surface area contributed by atoms with Crippen LogP contribution in [0.4, 0.5) is 24.5 Å². The van der Waals surface area contributed by atoms with E-state index in [4.69, 9.17) is 22.1 Å². The number of hydrogen-bond acceptors (Lipinski definition) is 3. The van der Waals surface area contributed by atoms with Gasteiger partial charge in [-0.1, -0.05) is 35.6 Å². The topological polar surface area (TPSA) is 64.3 Å². The molecule has 1 aliphatic carbocycles. The summed E-state index contributed by atoms with van der Waals surface area (Å²) in [5.41, 5.74) is 3.70. The number of benzene rings is 2. The first-order valence-corrected chi connectivity index (χ1v) is 9.75. The highest BCUT2D eigenvalue weighted by Gasteiger charge is 2.65. The van der Waals surface area contributed by atoms with Gasteiger partial charge in [-0.3, -0.25) is 4.79 Å². The summed E-state index contributed by atoms with van der Waals surface area (Å²) in [7, 11) is 0. The van der Waals surface area contributed by atoms with Crippen LogP contribution in [0.3, 0.4) is 0 Å². The van der Waals surface area contributed by atoms with Crippen LogP contribution in [0.2, 0.25) is 5.02 Å². The Labute approximate surface area is 176 Å². The largest absolute Gasteiger partial charge is 0.412 e. The standard InChI is InChI=1S/C22H18ClF3N2O2/c23-15-6-7-18-17(11-15)21(22(24,25)26,9-8-13-4-5-13)19(20(29)28-18)30-12-14-2-1-3-16(27)10-14/h1-3,6-7,10-11,13,19H,4-5,12,27H2,(H,28,29)/t19-,21+/m0/s1. The molecular weight excluding hydrogens is 417 g/mol. The molecule has 0 spiro atoms. The quantitative estimate of drug-likeness (QED) is 0.545. The Bertz CT molecular complexity index is 1060. The third-order valence-electron chi connectivity index (χ3n) is 5.16. The molecule has 156 valence electrons. The molecule has 2 atom stereocenters. The molecule has 2 aliphatic rings. The molecule has 1 saturated carbocycles. The molecule has 0 aromatic heterocycles. The molecule has 4 rings (SSSR count). The number of nitrogens with two attached hydrogens (primary N) is 1. The minimum Gasteiger partial charge on any atom is -0.399 e. The maximum Gasteiger partial charge on any atom is 0.412 e. The smallest absolute Gasteiger partial charge is 0.399 e. The number of alkyl halides is 3. The van der Waals surface area contributed by atoms with Crippen LogP contribution in [0.5, 0.6) is 0 Å². The molecule has 30 heavy (non-hydrogen) atoms. The lowest BCUT2D eigenvalue weighted by Crippen LogP contribution is -2.59. The molecular formula is C22H18ClF3N2O2. The zero-order chi connectivity index (χ0) is 21.5. The Morgan fingerprint density at radius 1 is 1.23 bits per heavy atom. The first kappa shape index (κ1) is 20.6. The molecule has 0 radical (unpaired) electrons. The van der Waals surface area contributed by atoms with Crippen LogP contribution >= 0.6 is 11.6 Å². The van der Waals surface area contributed by atoms with E-state index < -0.39 is 23.6 Å². The lowest BCUT2D eigenvalue weighted by Gasteiger charge is -2.41. The molecule has 0 bridgehead atoms. The van der Waals surface area contributed by atoms with E-state index in [9.17, 15) is 18.0 Å². The summed E-state index contributed by atoms with van der Waals surface area (Å²) < 4.78 is 49.6. The van der Waals surface area contributed by atoms with Gasteiger partial charge >= 0.3 is 6.18 Å². The van der Waals surface area contributed by atoms with Crippen molar-refractivity contribution < 1.29 is 22.7 Å². The van der Waals surface area contributed by atoms with E-state index in [0.29, 0.717) is 11.3 Å². The maximum atomic E-state index is 14.7. The van der Waals surface area contributed by atoms with Gasteiger partial charge < -0.3 is 15.8 Å². The molecule has 8 heteroatoms. The number of ether oxygens (including phenoxy) is 1. The van der Waals surface area contributed by atoms with E-state index in [1.54, 1.807) is 24.3 Å². The Kier molecular flexibility index (Phi) is 5.16. The summed E-state index contributed by atoms with van der Waals surface area (Å²) in [5.74, 6) is 4.09. The second kappa shape index (κ2) is 7.53. The number of halogens is 4.